The van der Waals surface area contributed by atoms with Gasteiger partial charge in [0.1, 0.15) is 5.82 Å². The van der Waals surface area contributed by atoms with E-state index in [0.717, 1.165) is 24.6 Å². The number of rotatable bonds is 1. The number of aryl methyl sites for hydroxylation is 2. The summed E-state index contributed by atoms with van der Waals surface area (Å²) < 4.78 is 2.32. The van der Waals surface area contributed by atoms with Crippen molar-refractivity contribution >= 4 is 0 Å². The Morgan fingerprint density at radius 2 is 2.00 bits per heavy atom. The molecule has 17 heavy (non-hydrogen) atoms. The van der Waals surface area contributed by atoms with Crippen LogP contribution in [0.5, 0.6) is 0 Å². The molecule has 0 radical (unpaired) electrons. The van der Waals surface area contributed by atoms with Gasteiger partial charge in [0, 0.05) is 24.7 Å². The Kier molecular flexibility index (Phi) is 2.50. The zero-order chi connectivity index (χ0) is 11.8. The number of nitrogens with zero attached hydrogens (tertiary/aromatic N) is 2. The topological polar surface area (TPSA) is 17.8 Å². The second kappa shape index (κ2) is 4.02. The molecule has 0 saturated heterocycles. The van der Waals surface area contributed by atoms with Crippen molar-refractivity contribution in [2.24, 2.45) is 5.92 Å². The van der Waals surface area contributed by atoms with E-state index in [-0.39, 0.29) is 0 Å². The third-order valence-electron chi connectivity index (χ3n) is 3.58. The summed E-state index contributed by atoms with van der Waals surface area (Å²) in [5.74, 6) is 2.03. The van der Waals surface area contributed by atoms with Crippen LogP contribution in [0.1, 0.15) is 24.7 Å². The first kappa shape index (κ1) is 10.6. The monoisotopic (exact) mass is 226 g/mol. The molecule has 1 aliphatic rings. The van der Waals surface area contributed by atoms with Crippen molar-refractivity contribution in [3.63, 3.8) is 0 Å². The van der Waals surface area contributed by atoms with Crippen molar-refractivity contribution in [2.45, 2.75) is 33.2 Å². The Bertz CT molecular complexity index is 522. The van der Waals surface area contributed by atoms with Gasteiger partial charge in [-0.05, 0) is 19.3 Å². The number of benzene rings is 1. The first-order chi connectivity index (χ1) is 8.22. The van der Waals surface area contributed by atoms with Crippen LogP contribution in [0.15, 0.2) is 30.5 Å². The molecule has 1 atom stereocenters. The lowest BCUT2D eigenvalue weighted by molar-refractivity contribution is 0.394. The van der Waals surface area contributed by atoms with E-state index in [0.29, 0.717) is 0 Å². The lowest BCUT2D eigenvalue weighted by atomic mass is 10.0. The van der Waals surface area contributed by atoms with Gasteiger partial charge < -0.3 is 4.57 Å². The third-order valence-corrected chi connectivity index (χ3v) is 3.58. The maximum atomic E-state index is 4.75. The van der Waals surface area contributed by atoms with Crippen LogP contribution in [0.2, 0.25) is 0 Å². The molecule has 0 aliphatic carbocycles. The molecule has 88 valence electrons. The van der Waals surface area contributed by atoms with Crippen LogP contribution in [0.3, 0.4) is 0 Å². The van der Waals surface area contributed by atoms with Gasteiger partial charge in [-0.3, -0.25) is 0 Å². The van der Waals surface area contributed by atoms with Crippen LogP contribution in [0, 0.1) is 12.8 Å². The van der Waals surface area contributed by atoms with E-state index >= 15 is 0 Å². The zero-order valence-electron chi connectivity index (χ0n) is 10.5. The SMILES string of the molecule is Cc1ccc(-c2cn3c(n2)CCC(C)C3)cc1. The average Bonchev–Trinajstić information content (AvgIpc) is 2.72. The molecule has 0 spiro atoms. The van der Waals surface area contributed by atoms with Gasteiger partial charge in [-0.2, -0.15) is 0 Å². The number of aromatic nitrogens is 2. The largest absolute Gasteiger partial charge is 0.334 e. The molecular weight excluding hydrogens is 208 g/mol. The molecule has 1 aromatic carbocycles. The van der Waals surface area contributed by atoms with E-state index in [2.05, 4.69) is 48.9 Å². The van der Waals surface area contributed by atoms with Crippen molar-refractivity contribution in [3.8, 4) is 11.3 Å². The predicted molar refractivity (Wildman–Crippen MR) is 69.9 cm³/mol. The smallest absolute Gasteiger partial charge is 0.109 e. The molecule has 3 rings (SSSR count). The van der Waals surface area contributed by atoms with Crippen molar-refractivity contribution < 1.29 is 0 Å². The van der Waals surface area contributed by atoms with Gasteiger partial charge in [0.15, 0.2) is 0 Å². The van der Waals surface area contributed by atoms with E-state index in [1.54, 1.807) is 0 Å². The fourth-order valence-electron chi connectivity index (χ4n) is 2.48. The van der Waals surface area contributed by atoms with Crippen molar-refractivity contribution in [1.82, 2.24) is 9.55 Å². The molecule has 0 N–H and O–H groups in total. The predicted octanol–water partition coefficient (Wildman–Crippen LogP) is 3.44. The van der Waals surface area contributed by atoms with Gasteiger partial charge in [0.05, 0.1) is 5.69 Å². The minimum atomic E-state index is 0.780. The van der Waals surface area contributed by atoms with Crippen molar-refractivity contribution in [1.29, 1.82) is 0 Å². The number of hydrogen-bond acceptors (Lipinski definition) is 1. The first-order valence-electron chi connectivity index (χ1n) is 6.35. The van der Waals surface area contributed by atoms with Gasteiger partial charge in [-0.15, -0.1) is 0 Å². The Balaban J connectivity index is 1.97. The summed E-state index contributed by atoms with van der Waals surface area (Å²) in [6.07, 6.45) is 4.59. The molecule has 2 heterocycles. The second-order valence-corrected chi connectivity index (χ2v) is 5.20. The minimum Gasteiger partial charge on any atom is -0.334 e. The van der Waals surface area contributed by atoms with Gasteiger partial charge in [0.2, 0.25) is 0 Å². The molecule has 1 aromatic heterocycles. The van der Waals surface area contributed by atoms with Crippen LogP contribution < -0.4 is 0 Å². The van der Waals surface area contributed by atoms with Crippen LogP contribution in [-0.2, 0) is 13.0 Å². The highest BCUT2D eigenvalue weighted by molar-refractivity contribution is 5.59. The summed E-state index contributed by atoms with van der Waals surface area (Å²) in [7, 11) is 0. The molecule has 2 aromatic rings. The molecule has 0 fully saturated rings. The van der Waals surface area contributed by atoms with E-state index in [1.807, 2.05) is 0 Å². The lowest BCUT2D eigenvalue weighted by Gasteiger charge is -2.19. The zero-order valence-corrected chi connectivity index (χ0v) is 10.5. The standard InChI is InChI=1S/C15H18N2/c1-11-3-6-13(7-4-11)14-10-17-9-12(2)5-8-15(17)16-14/h3-4,6-7,10,12H,5,8-9H2,1-2H3. The minimum absolute atomic E-state index is 0.780. The fraction of sp³-hybridized carbons (Fsp3) is 0.400. The van der Waals surface area contributed by atoms with Gasteiger partial charge in [-0.25, -0.2) is 4.98 Å². The van der Waals surface area contributed by atoms with Gasteiger partial charge in [0.25, 0.3) is 0 Å². The highest BCUT2D eigenvalue weighted by Crippen LogP contribution is 2.24. The average molecular weight is 226 g/mol. The number of hydrogen-bond donors (Lipinski definition) is 0. The summed E-state index contributed by atoms with van der Waals surface area (Å²) in [4.78, 5) is 4.75. The summed E-state index contributed by atoms with van der Waals surface area (Å²) in [6.45, 7) is 5.55. The highest BCUT2D eigenvalue weighted by Gasteiger charge is 2.17. The number of fused-ring (bicyclic) bond motifs is 1. The summed E-state index contributed by atoms with van der Waals surface area (Å²) >= 11 is 0. The Morgan fingerprint density at radius 3 is 2.76 bits per heavy atom. The van der Waals surface area contributed by atoms with Crippen molar-refractivity contribution in [3.05, 3.63) is 41.9 Å². The summed E-state index contributed by atoms with van der Waals surface area (Å²) in [5, 5.41) is 0. The Morgan fingerprint density at radius 1 is 1.24 bits per heavy atom. The number of imidazole rings is 1. The quantitative estimate of drug-likeness (QED) is 0.728. The van der Waals surface area contributed by atoms with Crippen LogP contribution in [0.4, 0.5) is 0 Å². The van der Waals surface area contributed by atoms with E-state index in [4.69, 9.17) is 4.98 Å². The molecule has 2 nitrogen and oxygen atoms in total. The van der Waals surface area contributed by atoms with E-state index in [9.17, 15) is 0 Å². The van der Waals surface area contributed by atoms with Gasteiger partial charge in [-0.1, -0.05) is 36.8 Å². The van der Waals surface area contributed by atoms with E-state index in [1.165, 1.54) is 23.4 Å². The highest BCUT2D eigenvalue weighted by atomic mass is 15.1. The molecule has 1 aliphatic heterocycles. The van der Waals surface area contributed by atoms with Crippen LogP contribution in [0.25, 0.3) is 11.3 Å². The van der Waals surface area contributed by atoms with Crippen LogP contribution >= 0.6 is 0 Å². The Labute approximate surface area is 102 Å². The molecule has 1 unspecified atom stereocenters. The molecule has 0 amide bonds. The first-order valence-corrected chi connectivity index (χ1v) is 6.35. The lowest BCUT2D eigenvalue weighted by Crippen LogP contribution is -2.17. The molecular formula is C15H18N2. The van der Waals surface area contributed by atoms with Crippen LogP contribution in [-0.4, -0.2) is 9.55 Å². The van der Waals surface area contributed by atoms with Crippen molar-refractivity contribution in [2.75, 3.05) is 0 Å². The van der Waals surface area contributed by atoms with E-state index < -0.39 is 0 Å². The van der Waals surface area contributed by atoms with Gasteiger partial charge >= 0.3 is 0 Å². The maximum Gasteiger partial charge on any atom is 0.109 e. The molecule has 0 saturated carbocycles. The third kappa shape index (κ3) is 1.99. The normalized spacial score (nSPS) is 19.1. The molecule has 0 bridgehead atoms. The summed E-state index contributed by atoms with van der Waals surface area (Å²) in [6, 6.07) is 8.62. The Hall–Kier alpha value is -1.57. The summed E-state index contributed by atoms with van der Waals surface area (Å²) in [5.41, 5.74) is 3.64. The fourth-order valence-corrected chi connectivity index (χ4v) is 2.48. The maximum absolute atomic E-state index is 4.75. The second-order valence-electron chi connectivity index (χ2n) is 5.20. The molecule has 2 heteroatoms.